The minimum Gasteiger partial charge on any atom is -0.461 e. The van der Waals surface area contributed by atoms with Crippen LogP contribution in [-0.4, -0.2) is 74.8 Å². The highest BCUT2D eigenvalue weighted by Crippen LogP contribution is 2.13. The summed E-state index contributed by atoms with van der Waals surface area (Å²) in [5.41, 5.74) is 6.31. The van der Waals surface area contributed by atoms with Gasteiger partial charge in [0, 0.05) is 26.1 Å². The topological polar surface area (TPSA) is 210 Å². The average Bonchev–Trinajstić information content (AvgIpc) is 2.93. The molecular formula is C28H46BN7O7. The number of esters is 1. The van der Waals surface area contributed by atoms with Crippen LogP contribution in [-0.2, 0) is 35.3 Å². The predicted octanol–water partition coefficient (Wildman–Crippen LogP) is -0.425. The zero-order valence-corrected chi connectivity index (χ0v) is 25.7. The number of unbranched alkanes of at least 4 members (excludes halogenated alkanes) is 1. The lowest BCUT2D eigenvalue weighted by Gasteiger charge is -2.27. The number of anilines is 1. The summed E-state index contributed by atoms with van der Waals surface area (Å²) in [6.07, 6.45) is 2.39. The zero-order chi connectivity index (χ0) is 32.4. The maximum Gasteiger partial charge on any atom is 0.312 e. The van der Waals surface area contributed by atoms with Crippen molar-refractivity contribution in [3.63, 3.8) is 0 Å². The van der Waals surface area contributed by atoms with Crippen LogP contribution in [0.25, 0.3) is 0 Å². The fourth-order valence-electron chi connectivity index (χ4n) is 4.10. The number of carbonyl (C=O) groups is 6. The molecule has 0 spiro atoms. The van der Waals surface area contributed by atoms with Crippen LogP contribution in [0.2, 0.25) is 0 Å². The van der Waals surface area contributed by atoms with E-state index in [4.69, 9.17) is 10.5 Å². The first kappa shape index (κ1) is 36.9. The Morgan fingerprint density at radius 1 is 0.814 bits per heavy atom. The summed E-state index contributed by atoms with van der Waals surface area (Å²) in [7, 11) is 1.83. The van der Waals surface area contributed by atoms with E-state index in [1.54, 1.807) is 38.1 Å². The third-order valence-corrected chi connectivity index (χ3v) is 6.38. The smallest absolute Gasteiger partial charge is 0.312 e. The first-order valence-electron chi connectivity index (χ1n) is 14.4. The molecule has 1 rings (SSSR count). The largest absolute Gasteiger partial charge is 0.461 e. The van der Waals surface area contributed by atoms with Crippen LogP contribution in [0.5, 0.6) is 0 Å². The second-order valence-electron chi connectivity index (χ2n) is 10.5. The summed E-state index contributed by atoms with van der Waals surface area (Å²) >= 11 is 0. The van der Waals surface area contributed by atoms with Gasteiger partial charge >= 0.3 is 12.0 Å². The summed E-state index contributed by atoms with van der Waals surface area (Å²) in [5, 5.41) is 16.4. The van der Waals surface area contributed by atoms with E-state index in [-0.39, 0.29) is 31.4 Å². The van der Waals surface area contributed by atoms with Gasteiger partial charge in [-0.25, -0.2) is 4.79 Å². The van der Waals surface area contributed by atoms with Crippen LogP contribution in [0.4, 0.5) is 10.5 Å². The molecule has 1 aromatic carbocycles. The number of amides is 6. The molecule has 0 radical (unpaired) electrons. The molecule has 0 aliphatic heterocycles. The van der Waals surface area contributed by atoms with E-state index >= 15 is 0 Å². The van der Waals surface area contributed by atoms with Crippen molar-refractivity contribution in [3.8, 4) is 0 Å². The molecule has 1 unspecified atom stereocenters. The quantitative estimate of drug-likeness (QED) is 0.0626. The van der Waals surface area contributed by atoms with Gasteiger partial charge in [-0.3, -0.25) is 24.0 Å². The van der Waals surface area contributed by atoms with Crippen molar-refractivity contribution in [2.24, 2.45) is 11.7 Å². The second kappa shape index (κ2) is 19.9. The molecule has 0 bridgehead atoms. The van der Waals surface area contributed by atoms with Gasteiger partial charge in [0.1, 0.15) is 24.7 Å². The Morgan fingerprint density at radius 2 is 1.44 bits per heavy atom. The molecule has 14 nitrogen and oxygen atoms in total. The molecule has 0 aromatic heterocycles. The Bertz CT molecular complexity index is 1090. The highest BCUT2D eigenvalue weighted by atomic mass is 16.5. The number of ether oxygens (including phenoxy) is 1. The van der Waals surface area contributed by atoms with E-state index in [2.05, 4.69) is 31.8 Å². The number of nitrogens with one attached hydrogen (secondary N) is 6. The van der Waals surface area contributed by atoms with Crippen molar-refractivity contribution < 1.29 is 33.5 Å². The highest BCUT2D eigenvalue weighted by molar-refractivity contribution is 6.04. The van der Waals surface area contributed by atoms with Gasteiger partial charge in [-0.2, -0.15) is 0 Å². The summed E-state index contributed by atoms with van der Waals surface area (Å²) in [6.45, 7) is 7.20. The Hall–Kier alpha value is -4.14. The third kappa shape index (κ3) is 15.6. The van der Waals surface area contributed by atoms with Crippen molar-refractivity contribution in [2.45, 2.75) is 84.5 Å². The van der Waals surface area contributed by atoms with E-state index < -0.39 is 47.8 Å². The SMILES string of the molecule is BNCCCC[C@H](NC(C)=O)C(=O)NC(C(=O)N[C@@H](CCCNC(N)=O)C(=O)Nc1ccc(COC(C)=O)cc1)C(C)C. The lowest BCUT2D eigenvalue weighted by atomic mass is 10.0. The van der Waals surface area contributed by atoms with Crippen molar-refractivity contribution in [2.75, 3.05) is 18.4 Å². The number of nitrogens with two attached hydrogens (primary N) is 1. The van der Waals surface area contributed by atoms with E-state index in [0.29, 0.717) is 24.9 Å². The van der Waals surface area contributed by atoms with Crippen molar-refractivity contribution in [1.82, 2.24) is 26.5 Å². The number of urea groups is 1. The van der Waals surface area contributed by atoms with E-state index in [9.17, 15) is 28.8 Å². The van der Waals surface area contributed by atoms with E-state index in [1.807, 2.05) is 7.98 Å². The van der Waals surface area contributed by atoms with Crippen LogP contribution in [0.3, 0.4) is 0 Å². The lowest BCUT2D eigenvalue weighted by molar-refractivity contribution is -0.142. The van der Waals surface area contributed by atoms with E-state index in [0.717, 1.165) is 18.5 Å². The molecule has 1 aromatic rings. The van der Waals surface area contributed by atoms with Crippen LogP contribution in [0.1, 0.15) is 65.4 Å². The number of carbonyl (C=O) groups excluding carboxylic acids is 6. The minimum absolute atomic E-state index is 0.0934. The van der Waals surface area contributed by atoms with Crippen LogP contribution in [0.15, 0.2) is 24.3 Å². The monoisotopic (exact) mass is 603 g/mol. The van der Waals surface area contributed by atoms with Crippen molar-refractivity contribution in [1.29, 1.82) is 0 Å². The molecule has 0 heterocycles. The Labute approximate surface area is 253 Å². The molecule has 0 saturated heterocycles. The first-order valence-corrected chi connectivity index (χ1v) is 14.4. The number of rotatable bonds is 19. The molecule has 238 valence electrons. The minimum atomic E-state index is -1.01. The summed E-state index contributed by atoms with van der Waals surface area (Å²) in [6, 6.07) is 3.15. The Morgan fingerprint density at radius 3 is 2.00 bits per heavy atom. The zero-order valence-electron chi connectivity index (χ0n) is 25.7. The molecule has 0 aliphatic rings. The van der Waals surface area contributed by atoms with Gasteiger partial charge in [-0.15, -0.1) is 0 Å². The first-order chi connectivity index (χ1) is 20.3. The van der Waals surface area contributed by atoms with Gasteiger partial charge < -0.3 is 42.3 Å². The number of benzene rings is 1. The average molecular weight is 604 g/mol. The Kier molecular flexibility index (Phi) is 17.1. The van der Waals surface area contributed by atoms with Gasteiger partial charge in [0.15, 0.2) is 7.98 Å². The third-order valence-electron chi connectivity index (χ3n) is 6.38. The molecule has 0 fully saturated rings. The van der Waals surface area contributed by atoms with Crippen LogP contribution < -0.4 is 37.5 Å². The molecule has 6 amide bonds. The Balaban J connectivity index is 3.00. The maximum absolute atomic E-state index is 13.4. The summed E-state index contributed by atoms with van der Waals surface area (Å²) in [5.74, 6) is -2.67. The molecule has 0 saturated carbocycles. The maximum atomic E-state index is 13.4. The van der Waals surface area contributed by atoms with Crippen LogP contribution >= 0.6 is 0 Å². The van der Waals surface area contributed by atoms with Gasteiger partial charge in [-0.05, 0) is 62.3 Å². The van der Waals surface area contributed by atoms with Gasteiger partial charge in [0.25, 0.3) is 0 Å². The molecule has 0 aliphatic carbocycles. The summed E-state index contributed by atoms with van der Waals surface area (Å²) < 4.78 is 4.97. The summed E-state index contributed by atoms with van der Waals surface area (Å²) in [4.78, 5) is 73.6. The molecule has 8 N–H and O–H groups in total. The lowest BCUT2D eigenvalue weighted by Crippen LogP contribution is -2.57. The fraction of sp³-hybridized carbons (Fsp3) is 0.571. The molecule has 43 heavy (non-hydrogen) atoms. The second-order valence-corrected chi connectivity index (χ2v) is 10.5. The fourth-order valence-corrected chi connectivity index (χ4v) is 4.10. The normalized spacial score (nSPS) is 12.8. The highest BCUT2D eigenvalue weighted by Gasteiger charge is 2.31. The standard InChI is InChI=1S/C28H46BN7O7/c1-17(2)24(36-26(40)22(33-18(3)37)8-5-6-15-32-29)27(41)35-23(9-7-14-31-28(30)42)25(39)34-21-12-10-20(11-13-21)16-43-19(4)38/h10-13,17,22-24,32H,5-9,14-16,29H2,1-4H3,(H,33,37)(H,34,39)(H,35,41)(H,36,40)(H3,30,31,42)/t22-,23-,24?/m0/s1. The van der Waals surface area contributed by atoms with Crippen molar-refractivity contribution in [3.05, 3.63) is 29.8 Å². The van der Waals surface area contributed by atoms with Crippen molar-refractivity contribution >= 4 is 49.3 Å². The molecular weight excluding hydrogens is 557 g/mol. The van der Waals surface area contributed by atoms with E-state index in [1.165, 1.54) is 13.8 Å². The van der Waals surface area contributed by atoms with Gasteiger partial charge in [0.2, 0.25) is 23.6 Å². The number of primary amides is 1. The van der Waals surface area contributed by atoms with Crippen LogP contribution in [0, 0.1) is 5.92 Å². The number of hydrogen-bond donors (Lipinski definition) is 7. The van der Waals surface area contributed by atoms with Gasteiger partial charge in [-0.1, -0.05) is 26.0 Å². The molecule has 15 heteroatoms. The number of hydrogen-bond acceptors (Lipinski definition) is 8. The van der Waals surface area contributed by atoms with Gasteiger partial charge in [0.05, 0.1) is 0 Å². The predicted molar refractivity (Wildman–Crippen MR) is 164 cm³/mol. The molecule has 3 atom stereocenters.